The van der Waals surface area contributed by atoms with Crippen molar-refractivity contribution in [3.63, 3.8) is 0 Å². The number of hydrogen-bond acceptors (Lipinski definition) is 2. The van der Waals surface area contributed by atoms with Gasteiger partial charge in [-0.05, 0) is 61.7 Å². The van der Waals surface area contributed by atoms with Gasteiger partial charge in [-0.1, -0.05) is 102 Å². The number of hydrogen-bond donors (Lipinski definition) is 0. The van der Waals surface area contributed by atoms with Crippen LogP contribution in [0, 0.1) is 35.5 Å². The van der Waals surface area contributed by atoms with Crippen molar-refractivity contribution in [1.29, 1.82) is 0 Å². The van der Waals surface area contributed by atoms with E-state index >= 15 is 0 Å². The lowest BCUT2D eigenvalue weighted by Gasteiger charge is -2.28. The summed E-state index contributed by atoms with van der Waals surface area (Å²) >= 11 is 0. The van der Waals surface area contributed by atoms with Crippen LogP contribution in [0.5, 0.6) is 0 Å². The molecule has 2 heterocycles. The molecule has 0 amide bonds. The van der Waals surface area contributed by atoms with Crippen LogP contribution >= 0.6 is 0 Å². The normalized spacial score (nSPS) is 27.5. The summed E-state index contributed by atoms with van der Waals surface area (Å²) in [5.41, 5.74) is 0. The van der Waals surface area contributed by atoms with Crippen LogP contribution in [-0.2, 0) is 9.53 Å². The van der Waals surface area contributed by atoms with Gasteiger partial charge in [-0.15, -0.1) is 0 Å². The highest BCUT2D eigenvalue weighted by Gasteiger charge is 2.41. The molecule has 2 bridgehead atoms. The fraction of sp³-hybridized carbons (Fsp3) is 0.967. The predicted octanol–water partition coefficient (Wildman–Crippen LogP) is 9.74. The van der Waals surface area contributed by atoms with Gasteiger partial charge in [0, 0.05) is 12.3 Å². The van der Waals surface area contributed by atoms with Gasteiger partial charge in [-0.3, -0.25) is 4.79 Å². The summed E-state index contributed by atoms with van der Waals surface area (Å²) in [4.78, 5) is 11.0. The standard InChI is InChI=1S/C9H16O.C8H14O.C7H14.3C2H6/c1-6(2)8-5-7-3-4-9(8)10-7;1-6(2)7-4-3-5-8(7)9;1-6(2)7-4-3-5-7;3*1-2/h6-9H,3-5H2,1-2H3;6-7H,3-5H2,1-2H3;6-7H,3-5H2,1-2H3;3*1-2H3. The van der Waals surface area contributed by atoms with Crippen LogP contribution < -0.4 is 0 Å². The van der Waals surface area contributed by atoms with Crippen molar-refractivity contribution in [2.45, 2.75) is 153 Å². The molecular weight excluding hydrogens is 392 g/mol. The monoisotopic (exact) mass is 454 g/mol. The van der Waals surface area contributed by atoms with E-state index in [0.717, 1.165) is 42.9 Å². The Balaban J connectivity index is 0. The summed E-state index contributed by atoms with van der Waals surface area (Å²) in [5.74, 6) is 5.19. The summed E-state index contributed by atoms with van der Waals surface area (Å²) < 4.78 is 5.75. The topological polar surface area (TPSA) is 26.3 Å². The zero-order valence-electron chi connectivity index (χ0n) is 24.3. The first-order valence-corrected chi connectivity index (χ1v) is 14.5. The molecule has 2 aliphatic heterocycles. The van der Waals surface area contributed by atoms with E-state index in [2.05, 4.69) is 41.5 Å². The van der Waals surface area contributed by atoms with Gasteiger partial charge in [0.2, 0.25) is 0 Å². The van der Waals surface area contributed by atoms with Crippen LogP contribution in [0.1, 0.15) is 141 Å². The lowest BCUT2D eigenvalue weighted by Crippen LogP contribution is -2.21. The first-order valence-electron chi connectivity index (χ1n) is 14.5. The van der Waals surface area contributed by atoms with E-state index in [4.69, 9.17) is 4.74 Å². The van der Waals surface area contributed by atoms with Gasteiger partial charge in [0.05, 0.1) is 12.2 Å². The smallest absolute Gasteiger partial charge is 0.136 e. The Morgan fingerprint density at radius 1 is 0.688 bits per heavy atom. The number of rotatable bonds is 3. The van der Waals surface area contributed by atoms with Crippen molar-refractivity contribution in [2.24, 2.45) is 35.5 Å². The summed E-state index contributed by atoms with van der Waals surface area (Å²) in [6.07, 6.45) is 12.8. The molecule has 2 nitrogen and oxygen atoms in total. The van der Waals surface area contributed by atoms with Crippen LogP contribution in [0.2, 0.25) is 0 Å². The molecule has 4 aliphatic rings. The van der Waals surface area contributed by atoms with E-state index in [1.165, 1.54) is 38.5 Å². The highest BCUT2D eigenvalue weighted by molar-refractivity contribution is 5.83. The van der Waals surface area contributed by atoms with Gasteiger partial charge >= 0.3 is 0 Å². The van der Waals surface area contributed by atoms with Crippen molar-refractivity contribution in [3.8, 4) is 0 Å². The van der Waals surface area contributed by atoms with Crippen molar-refractivity contribution in [2.75, 3.05) is 0 Å². The van der Waals surface area contributed by atoms with Crippen molar-refractivity contribution in [1.82, 2.24) is 0 Å². The van der Waals surface area contributed by atoms with Crippen molar-refractivity contribution in [3.05, 3.63) is 0 Å². The molecule has 0 radical (unpaired) electrons. The molecule has 0 spiro atoms. The maximum absolute atomic E-state index is 11.0. The van der Waals surface area contributed by atoms with Gasteiger partial charge < -0.3 is 4.74 Å². The molecule has 0 aromatic carbocycles. The average molecular weight is 455 g/mol. The average Bonchev–Trinajstić information content (AvgIpc) is 3.49. The third-order valence-corrected chi connectivity index (χ3v) is 7.26. The lowest BCUT2D eigenvalue weighted by atomic mass is 9.78. The molecule has 4 unspecified atom stereocenters. The van der Waals surface area contributed by atoms with E-state index in [1.807, 2.05) is 41.5 Å². The minimum absolute atomic E-state index is 0.394. The molecule has 194 valence electrons. The minimum atomic E-state index is 0.394. The number of Topliss-reactive ketones (excluding diaryl/α,β-unsaturated/α-hetero) is 1. The Morgan fingerprint density at radius 2 is 1.25 bits per heavy atom. The predicted molar refractivity (Wildman–Crippen MR) is 144 cm³/mol. The fourth-order valence-electron chi connectivity index (χ4n) is 5.03. The largest absolute Gasteiger partial charge is 0.375 e. The SMILES string of the molecule is CC.CC.CC.CC(C)C1CC2CCC1O2.CC(C)C1CCC1.CC(C)C1CCCC1=O. The molecule has 0 N–H and O–H groups in total. The molecule has 4 atom stereocenters. The van der Waals surface area contributed by atoms with Crippen LogP contribution in [0.3, 0.4) is 0 Å². The number of carbonyl (C=O) groups excluding carboxylic acids is 1. The van der Waals surface area contributed by atoms with E-state index in [0.29, 0.717) is 29.8 Å². The maximum Gasteiger partial charge on any atom is 0.136 e. The second kappa shape index (κ2) is 20.0. The highest BCUT2D eigenvalue weighted by atomic mass is 16.5. The van der Waals surface area contributed by atoms with Gasteiger partial charge in [-0.2, -0.15) is 0 Å². The highest BCUT2D eigenvalue weighted by Crippen LogP contribution is 2.42. The first-order chi connectivity index (χ1) is 15.3. The Labute approximate surface area is 204 Å². The van der Waals surface area contributed by atoms with E-state index in [1.54, 1.807) is 0 Å². The van der Waals surface area contributed by atoms with E-state index in [-0.39, 0.29) is 0 Å². The van der Waals surface area contributed by atoms with Crippen LogP contribution in [0.15, 0.2) is 0 Å². The Kier molecular flexibility index (Phi) is 21.2. The molecule has 2 aliphatic carbocycles. The molecule has 4 rings (SSSR count). The Bertz CT molecular complexity index is 423. The number of fused-ring (bicyclic) bond motifs is 2. The second-order valence-corrected chi connectivity index (χ2v) is 10.2. The Hall–Kier alpha value is -0.370. The van der Waals surface area contributed by atoms with Gasteiger partial charge in [0.1, 0.15) is 5.78 Å². The van der Waals surface area contributed by atoms with Crippen LogP contribution in [-0.4, -0.2) is 18.0 Å². The van der Waals surface area contributed by atoms with Gasteiger partial charge in [0.15, 0.2) is 0 Å². The summed E-state index contributed by atoms with van der Waals surface area (Å²) in [6.45, 7) is 25.5. The molecule has 4 fully saturated rings. The van der Waals surface area contributed by atoms with Gasteiger partial charge in [0.25, 0.3) is 0 Å². The number of carbonyl (C=O) groups is 1. The maximum atomic E-state index is 11.0. The molecule has 2 heteroatoms. The zero-order chi connectivity index (χ0) is 25.3. The first kappa shape index (κ1) is 33.8. The van der Waals surface area contributed by atoms with E-state index < -0.39 is 0 Å². The van der Waals surface area contributed by atoms with Crippen LogP contribution in [0.4, 0.5) is 0 Å². The Morgan fingerprint density at radius 3 is 1.41 bits per heavy atom. The van der Waals surface area contributed by atoms with Crippen molar-refractivity contribution < 1.29 is 9.53 Å². The lowest BCUT2D eigenvalue weighted by molar-refractivity contribution is -0.121. The van der Waals surface area contributed by atoms with Crippen molar-refractivity contribution >= 4 is 5.78 Å². The van der Waals surface area contributed by atoms with Gasteiger partial charge in [-0.25, -0.2) is 0 Å². The zero-order valence-corrected chi connectivity index (χ0v) is 24.3. The third kappa shape index (κ3) is 12.2. The molecule has 32 heavy (non-hydrogen) atoms. The molecule has 2 saturated carbocycles. The van der Waals surface area contributed by atoms with E-state index in [9.17, 15) is 4.79 Å². The molecule has 2 saturated heterocycles. The summed E-state index contributed by atoms with van der Waals surface area (Å²) in [7, 11) is 0. The molecular formula is C30H62O2. The fourth-order valence-corrected chi connectivity index (χ4v) is 5.03. The van der Waals surface area contributed by atoms with Crippen LogP contribution in [0.25, 0.3) is 0 Å². The minimum Gasteiger partial charge on any atom is -0.375 e. The molecule has 0 aromatic rings. The second-order valence-electron chi connectivity index (χ2n) is 10.2. The quantitative estimate of drug-likeness (QED) is 0.424. The number of ketones is 1. The molecule has 0 aromatic heterocycles. The third-order valence-electron chi connectivity index (χ3n) is 7.26. The summed E-state index contributed by atoms with van der Waals surface area (Å²) in [5, 5.41) is 0. The number of ether oxygens (including phenoxy) is 1. The summed E-state index contributed by atoms with van der Waals surface area (Å²) in [6, 6.07) is 0.